The summed E-state index contributed by atoms with van der Waals surface area (Å²) in [7, 11) is 0. The zero-order valence-corrected chi connectivity index (χ0v) is 25.8. The van der Waals surface area contributed by atoms with E-state index in [0.717, 1.165) is 49.9 Å². The quantitative estimate of drug-likeness (QED) is 0.161. The van der Waals surface area contributed by atoms with Crippen LogP contribution in [0.15, 0.2) is 91.0 Å². The van der Waals surface area contributed by atoms with Gasteiger partial charge in [-0.1, -0.05) is 80.1 Å². The Morgan fingerprint density at radius 3 is 2.18 bits per heavy atom. The van der Waals surface area contributed by atoms with E-state index in [1.165, 1.54) is 0 Å². The molecule has 0 radical (unpaired) electrons. The SMILES string of the molecule is CCCCOC(=O)N1CCC2(CC1)CN(c1ccc(-c3ccc(OCc4ccccc4)nc3OCc3ccccc3)cc1F)C2. The number of rotatable bonds is 11. The molecule has 45 heavy (non-hydrogen) atoms. The zero-order valence-electron chi connectivity index (χ0n) is 25.8. The number of unbranched alkanes of at least 4 members (excludes halogenated alkanes) is 1. The number of aromatic nitrogens is 1. The van der Waals surface area contributed by atoms with Gasteiger partial charge in [-0.15, -0.1) is 0 Å². The highest BCUT2D eigenvalue weighted by molar-refractivity contribution is 5.72. The Morgan fingerprint density at radius 2 is 1.53 bits per heavy atom. The van der Waals surface area contributed by atoms with Crippen molar-refractivity contribution in [3.63, 3.8) is 0 Å². The standard InChI is InChI=1S/C37H40FN3O4/c1-2-3-22-43-36(42)40-20-18-37(19-21-40)26-41(27-37)33-16-14-30(23-32(33)38)31-15-17-34(44-24-28-10-6-4-7-11-28)39-35(31)45-25-29-12-8-5-9-13-29/h4-17,23H,2-3,18-22,24-27H2,1H3. The molecule has 2 fully saturated rings. The summed E-state index contributed by atoms with van der Waals surface area (Å²) >= 11 is 0. The maximum Gasteiger partial charge on any atom is 0.409 e. The third-order valence-corrected chi connectivity index (χ3v) is 8.74. The minimum absolute atomic E-state index is 0.114. The first-order valence-corrected chi connectivity index (χ1v) is 15.8. The maximum atomic E-state index is 15.7. The van der Waals surface area contributed by atoms with Gasteiger partial charge in [0.2, 0.25) is 11.8 Å². The number of hydrogen-bond donors (Lipinski definition) is 0. The number of anilines is 1. The average Bonchev–Trinajstić information content (AvgIpc) is 3.06. The van der Waals surface area contributed by atoms with Crippen molar-refractivity contribution in [1.29, 1.82) is 0 Å². The lowest BCUT2D eigenvalue weighted by molar-refractivity contribution is 0.0524. The zero-order chi connectivity index (χ0) is 31.1. The summed E-state index contributed by atoms with van der Waals surface area (Å²) in [6.07, 6.45) is 3.47. The Morgan fingerprint density at radius 1 is 0.867 bits per heavy atom. The van der Waals surface area contributed by atoms with Gasteiger partial charge in [0, 0.05) is 43.2 Å². The first-order valence-electron chi connectivity index (χ1n) is 15.8. The molecule has 2 aliphatic rings. The van der Waals surface area contributed by atoms with Crippen molar-refractivity contribution in [3.8, 4) is 22.9 Å². The second-order valence-electron chi connectivity index (χ2n) is 12.0. The van der Waals surface area contributed by atoms with Crippen molar-refractivity contribution in [2.75, 3.05) is 37.7 Å². The van der Waals surface area contributed by atoms with Gasteiger partial charge in [0.15, 0.2) is 0 Å². The molecular weight excluding hydrogens is 569 g/mol. The monoisotopic (exact) mass is 609 g/mol. The van der Waals surface area contributed by atoms with E-state index in [0.29, 0.717) is 61.5 Å². The van der Waals surface area contributed by atoms with Crippen LogP contribution in [0.1, 0.15) is 43.7 Å². The van der Waals surface area contributed by atoms with Crippen LogP contribution in [0.2, 0.25) is 0 Å². The van der Waals surface area contributed by atoms with Crippen molar-refractivity contribution >= 4 is 11.8 Å². The summed E-state index contributed by atoms with van der Waals surface area (Å²) in [5.74, 6) is 0.547. The average molecular weight is 610 g/mol. The highest BCUT2D eigenvalue weighted by Gasteiger charge is 2.46. The molecule has 0 unspecified atom stereocenters. The molecule has 0 aliphatic carbocycles. The highest BCUT2D eigenvalue weighted by Crippen LogP contribution is 2.44. The smallest absolute Gasteiger partial charge is 0.409 e. The van der Waals surface area contributed by atoms with Crippen molar-refractivity contribution in [2.24, 2.45) is 5.41 Å². The lowest BCUT2D eigenvalue weighted by Crippen LogP contribution is -2.61. The number of carbonyl (C=O) groups is 1. The van der Waals surface area contributed by atoms with Gasteiger partial charge >= 0.3 is 6.09 Å². The van der Waals surface area contributed by atoms with Crippen LogP contribution in [0.5, 0.6) is 11.8 Å². The number of halogens is 1. The number of pyridine rings is 1. The summed E-state index contributed by atoms with van der Waals surface area (Å²) in [6, 6.07) is 28.8. The van der Waals surface area contributed by atoms with Crippen LogP contribution in [0.25, 0.3) is 11.1 Å². The molecule has 0 atom stereocenters. The van der Waals surface area contributed by atoms with Crippen molar-refractivity contribution in [3.05, 3.63) is 108 Å². The molecule has 1 spiro atoms. The third kappa shape index (κ3) is 7.39. The maximum absolute atomic E-state index is 15.7. The number of benzene rings is 3. The summed E-state index contributed by atoms with van der Waals surface area (Å²) in [4.78, 5) is 20.9. The minimum atomic E-state index is -0.280. The van der Waals surface area contributed by atoms with Gasteiger partial charge in [-0.3, -0.25) is 0 Å². The fraction of sp³-hybridized carbons (Fsp3) is 0.351. The Hall–Kier alpha value is -4.59. The van der Waals surface area contributed by atoms with Crippen molar-refractivity contribution in [1.82, 2.24) is 9.88 Å². The van der Waals surface area contributed by atoms with Crippen molar-refractivity contribution < 1.29 is 23.4 Å². The molecule has 2 saturated heterocycles. The molecule has 0 saturated carbocycles. The molecule has 3 aromatic carbocycles. The predicted molar refractivity (Wildman–Crippen MR) is 173 cm³/mol. The number of ether oxygens (including phenoxy) is 3. The van der Waals surface area contributed by atoms with Gasteiger partial charge in [0.1, 0.15) is 19.0 Å². The molecule has 2 aliphatic heterocycles. The van der Waals surface area contributed by atoms with Gasteiger partial charge < -0.3 is 24.0 Å². The number of amides is 1. The van der Waals surface area contributed by atoms with Crippen LogP contribution in [0, 0.1) is 11.2 Å². The highest BCUT2D eigenvalue weighted by atomic mass is 19.1. The number of nitrogens with zero attached hydrogens (tertiary/aromatic N) is 3. The Labute approximate surface area is 264 Å². The largest absolute Gasteiger partial charge is 0.473 e. The van der Waals surface area contributed by atoms with Gasteiger partial charge in [-0.25, -0.2) is 9.18 Å². The van der Waals surface area contributed by atoms with E-state index < -0.39 is 0 Å². The van der Waals surface area contributed by atoms with Gasteiger partial charge in [-0.05, 0) is 54.2 Å². The first-order chi connectivity index (χ1) is 22.0. The second-order valence-corrected chi connectivity index (χ2v) is 12.0. The number of carbonyl (C=O) groups excluding carboxylic acids is 1. The molecule has 0 N–H and O–H groups in total. The number of hydrogen-bond acceptors (Lipinski definition) is 6. The Kier molecular flexibility index (Phi) is 9.48. The lowest BCUT2D eigenvalue weighted by Gasteiger charge is -2.54. The van der Waals surface area contributed by atoms with Crippen LogP contribution in [-0.4, -0.2) is 48.8 Å². The fourth-order valence-corrected chi connectivity index (χ4v) is 6.03. The Balaban J connectivity index is 1.12. The number of likely N-dealkylation sites (tertiary alicyclic amines) is 1. The van der Waals surface area contributed by atoms with E-state index in [1.807, 2.05) is 83.8 Å². The summed E-state index contributed by atoms with van der Waals surface area (Å²) in [5.41, 5.74) is 4.13. The van der Waals surface area contributed by atoms with Crippen LogP contribution < -0.4 is 14.4 Å². The molecule has 1 amide bonds. The molecular formula is C37H40FN3O4. The van der Waals surface area contributed by atoms with Crippen LogP contribution in [0.4, 0.5) is 14.9 Å². The molecule has 0 bridgehead atoms. The molecule has 7 nitrogen and oxygen atoms in total. The second kappa shape index (κ2) is 14.0. The van der Waals surface area contributed by atoms with E-state index in [1.54, 1.807) is 12.1 Å². The topological polar surface area (TPSA) is 64.1 Å². The van der Waals surface area contributed by atoms with Crippen LogP contribution in [0.3, 0.4) is 0 Å². The van der Waals surface area contributed by atoms with E-state index in [9.17, 15) is 4.79 Å². The summed E-state index contributed by atoms with van der Waals surface area (Å²) in [5, 5.41) is 0. The van der Waals surface area contributed by atoms with Crippen molar-refractivity contribution in [2.45, 2.75) is 45.8 Å². The first kappa shape index (κ1) is 30.4. The van der Waals surface area contributed by atoms with E-state index in [-0.39, 0.29) is 17.3 Å². The van der Waals surface area contributed by atoms with Gasteiger partial charge in [-0.2, -0.15) is 4.98 Å². The van der Waals surface area contributed by atoms with Crippen LogP contribution in [-0.2, 0) is 18.0 Å². The molecule has 1 aromatic heterocycles. The molecule has 234 valence electrons. The minimum Gasteiger partial charge on any atom is -0.473 e. The number of piperidine rings is 1. The summed E-state index contributed by atoms with van der Waals surface area (Å²) in [6.45, 7) is 6.19. The third-order valence-electron chi connectivity index (χ3n) is 8.74. The van der Waals surface area contributed by atoms with Gasteiger partial charge in [0.25, 0.3) is 0 Å². The fourth-order valence-electron chi connectivity index (χ4n) is 6.03. The normalized spacial score (nSPS) is 15.4. The molecule has 8 heteroatoms. The van der Waals surface area contributed by atoms with E-state index >= 15 is 4.39 Å². The predicted octanol–water partition coefficient (Wildman–Crippen LogP) is 7.88. The summed E-state index contributed by atoms with van der Waals surface area (Å²) < 4.78 is 33.2. The van der Waals surface area contributed by atoms with E-state index in [4.69, 9.17) is 14.2 Å². The van der Waals surface area contributed by atoms with Gasteiger partial charge in [0.05, 0.1) is 12.3 Å². The van der Waals surface area contributed by atoms with Crippen LogP contribution >= 0.6 is 0 Å². The molecule has 6 rings (SSSR count). The molecule has 4 aromatic rings. The molecule has 3 heterocycles. The lowest BCUT2D eigenvalue weighted by atomic mass is 9.72. The van der Waals surface area contributed by atoms with E-state index in [2.05, 4.69) is 16.8 Å². The Bertz CT molecular complexity index is 1570.